The van der Waals surface area contributed by atoms with Gasteiger partial charge >= 0.3 is 5.97 Å². The molecule has 2 rings (SSSR count). The molecule has 0 bridgehead atoms. The van der Waals surface area contributed by atoms with E-state index in [4.69, 9.17) is 5.11 Å². The van der Waals surface area contributed by atoms with E-state index < -0.39 is 5.97 Å². The van der Waals surface area contributed by atoms with E-state index in [1.807, 2.05) is 0 Å². The van der Waals surface area contributed by atoms with Crippen LogP contribution in [0.25, 0.3) is 0 Å². The lowest BCUT2D eigenvalue weighted by Crippen LogP contribution is -2.47. The number of carbonyl (C=O) groups is 1. The van der Waals surface area contributed by atoms with Crippen LogP contribution in [0.5, 0.6) is 0 Å². The summed E-state index contributed by atoms with van der Waals surface area (Å²) >= 11 is 0. The van der Waals surface area contributed by atoms with Crippen LogP contribution in [-0.2, 0) is 10.2 Å². The predicted molar refractivity (Wildman–Crippen MR) is 103 cm³/mol. The molecule has 1 aliphatic heterocycles. The number of benzene rings is 1. The second-order valence-electron chi connectivity index (χ2n) is 8.27. The van der Waals surface area contributed by atoms with Crippen molar-refractivity contribution in [2.24, 2.45) is 0 Å². The lowest BCUT2D eigenvalue weighted by atomic mass is 9.86. The number of hydrogen-bond donors (Lipinski definition) is 1. The molecule has 1 unspecified atom stereocenters. The fraction of sp³-hybridized carbons (Fsp3) is 0.667. The standard InChI is InChI=1S/C21H34N2O2/c1-6-22(15-20(24)25)19-11-13-23(14-12-19)16(2)17-7-9-18(10-8-17)21(3,4)5/h7-10,16,19H,6,11-15H2,1-5H3,(H,24,25). The van der Waals surface area contributed by atoms with Gasteiger partial charge in [0, 0.05) is 25.2 Å². The first-order valence-corrected chi connectivity index (χ1v) is 9.52. The molecule has 0 radical (unpaired) electrons. The fourth-order valence-electron chi connectivity index (χ4n) is 3.78. The molecule has 1 N–H and O–H groups in total. The first-order valence-electron chi connectivity index (χ1n) is 9.52. The maximum Gasteiger partial charge on any atom is 0.317 e. The topological polar surface area (TPSA) is 43.8 Å². The van der Waals surface area contributed by atoms with Crippen LogP contribution in [0, 0.1) is 0 Å². The zero-order valence-electron chi connectivity index (χ0n) is 16.5. The van der Waals surface area contributed by atoms with Crippen molar-refractivity contribution in [2.75, 3.05) is 26.2 Å². The largest absolute Gasteiger partial charge is 0.480 e. The minimum atomic E-state index is -0.725. The van der Waals surface area contributed by atoms with Gasteiger partial charge in [0.25, 0.3) is 0 Å². The molecule has 1 aliphatic rings. The smallest absolute Gasteiger partial charge is 0.317 e. The number of carboxylic acids is 1. The van der Waals surface area contributed by atoms with Crippen molar-refractivity contribution in [1.82, 2.24) is 9.80 Å². The Bertz CT molecular complexity index is 554. The van der Waals surface area contributed by atoms with Crippen LogP contribution in [0.4, 0.5) is 0 Å². The van der Waals surface area contributed by atoms with E-state index in [9.17, 15) is 4.79 Å². The Morgan fingerprint density at radius 1 is 1.24 bits per heavy atom. The summed E-state index contributed by atoms with van der Waals surface area (Å²) in [5.41, 5.74) is 2.92. The molecule has 1 fully saturated rings. The number of carboxylic acid groups (broad SMARTS) is 1. The summed E-state index contributed by atoms with van der Waals surface area (Å²) < 4.78 is 0. The molecule has 0 amide bonds. The lowest BCUT2D eigenvalue weighted by Gasteiger charge is -2.40. The second-order valence-corrected chi connectivity index (χ2v) is 8.27. The number of likely N-dealkylation sites (tertiary alicyclic amines) is 1. The molecule has 1 atom stereocenters. The molecule has 1 heterocycles. The number of aliphatic carboxylic acids is 1. The van der Waals surface area contributed by atoms with Crippen LogP contribution in [0.15, 0.2) is 24.3 Å². The molecular formula is C21H34N2O2. The van der Waals surface area contributed by atoms with Gasteiger partial charge in [-0.05, 0) is 42.9 Å². The monoisotopic (exact) mass is 346 g/mol. The predicted octanol–water partition coefficient (Wildman–Crippen LogP) is 3.92. The maximum atomic E-state index is 11.0. The number of hydrogen-bond acceptors (Lipinski definition) is 3. The molecule has 0 saturated carbocycles. The highest BCUT2D eigenvalue weighted by atomic mass is 16.4. The quantitative estimate of drug-likeness (QED) is 0.848. The highest BCUT2D eigenvalue weighted by Crippen LogP contribution is 2.28. The summed E-state index contributed by atoms with van der Waals surface area (Å²) in [5.74, 6) is -0.725. The number of rotatable bonds is 6. The van der Waals surface area contributed by atoms with Crippen molar-refractivity contribution >= 4 is 5.97 Å². The molecular weight excluding hydrogens is 312 g/mol. The van der Waals surface area contributed by atoms with Gasteiger partial charge in [-0.15, -0.1) is 0 Å². The van der Waals surface area contributed by atoms with E-state index in [0.29, 0.717) is 12.1 Å². The Balaban J connectivity index is 1.94. The fourth-order valence-corrected chi connectivity index (χ4v) is 3.78. The van der Waals surface area contributed by atoms with E-state index in [-0.39, 0.29) is 12.0 Å². The van der Waals surface area contributed by atoms with Gasteiger partial charge in [0.1, 0.15) is 0 Å². The third-order valence-electron chi connectivity index (χ3n) is 5.57. The van der Waals surface area contributed by atoms with Gasteiger partial charge in [-0.2, -0.15) is 0 Å². The average Bonchev–Trinajstić information content (AvgIpc) is 2.58. The highest BCUT2D eigenvalue weighted by Gasteiger charge is 2.27. The lowest BCUT2D eigenvalue weighted by molar-refractivity contribution is -0.139. The van der Waals surface area contributed by atoms with Crippen LogP contribution in [-0.4, -0.2) is 53.1 Å². The van der Waals surface area contributed by atoms with Gasteiger partial charge in [0.15, 0.2) is 0 Å². The summed E-state index contributed by atoms with van der Waals surface area (Å²) in [6.07, 6.45) is 2.09. The van der Waals surface area contributed by atoms with Crippen molar-refractivity contribution < 1.29 is 9.90 Å². The Morgan fingerprint density at radius 3 is 2.24 bits per heavy atom. The third-order valence-corrected chi connectivity index (χ3v) is 5.57. The number of piperidine rings is 1. The van der Waals surface area contributed by atoms with E-state index >= 15 is 0 Å². The van der Waals surface area contributed by atoms with Gasteiger partial charge in [0.2, 0.25) is 0 Å². The maximum absolute atomic E-state index is 11.0. The Kier molecular flexibility index (Phi) is 6.64. The number of nitrogens with zero attached hydrogens (tertiary/aromatic N) is 2. The third kappa shape index (κ3) is 5.29. The van der Waals surface area contributed by atoms with Gasteiger partial charge < -0.3 is 5.11 Å². The van der Waals surface area contributed by atoms with E-state index in [1.165, 1.54) is 11.1 Å². The van der Waals surface area contributed by atoms with Crippen LogP contribution in [0.1, 0.15) is 64.6 Å². The average molecular weight is 347 g/mol. The minimum absolute atomic E-state index is 0.158. The molecule has 0 aliphatic carbocycles. The SMILES string of the molecule is CCN(CC(=O)O)C1CCN(C(C)c2ccc(C(C)(C)C)cc2)CC1. The van der Waals surface area contributed by atoms with Crippen LogP contribution in [0.2, 0.25) is 0 Å². The Morgan fingerprint density at radius 2 is 1.80 bits per heavy atom. The molecule has 1 aromatic rings. The van der Waals surface area contributed by atoms with Crippen LogP contribution in [0.3, 0.4) is 0 Å². The molecule has 4 heteroatoms. The van der Waals surface area contributed by atoms with Crippen LogP contribution >= 0.6 is 0 Å². The summed E-state index contributed by atoms with van der Waals surface area (Å²) in [5, 5.41) is 9.06. The number of likely N-dealkylation sites (N-methyl/N-ethyl adjacent to an activating group) is 1. The van der Waals surface area contributed by atoms with Crippen molar-refractivity contribution in [2.45, 2.75) is 65.0 Å². The van der Waals surface area contributed by atoms with Crippen molar-refractivity contribution in [3.63, 3.8) is 0 Å². The van der Waals surface area contributed by atoms with E-state index in [2.05, 4.69) is 68.7 Å². The zero-order chi connectivity index (χ0) is 18.6. The van der Waals surface area contributed by atoms with E-state index in [1.54, 1.807) is 0 Å². The normalized spacial score (nSPS) is 18.5. The first-order chi connectivity index (χ1) is 11.7. The Hall–Kier alpha value is -1.39. The molecule has 0 spiro atoms. The van der Waals surface area contributed by atoms with Crippen molar-refractivity contribution in [1.29, 1.82) is 0 Å². The van der Waals surface area contributed by atoms with Crippen molar-refractivity contribution in [3.05, 3.63) is 35.4 Å². The zero-order valence-corrected chi connectivity index (χ0v) is 16.5. The molecule has 25 heavy (non-hydrogen) atoms. The van der Waals surface area contributed by atoms with Gasteiger partial charge in [0.05, 0.1) is 6.54 Å². The van der Waals surface area contributed by atoms with Crippen LogP contribution < -0.4 is 0 Å². The summed E-state index contributed by atoms with van der Waals surface area (Å²) in [6, 6.07) is 9.84. The van der Waals surface area contributed by atoms with Gasteiger partial charge in [-0.25, -0.2) is 0 Å². The van der Waals surface area contributed by atoms with Gasteiger partial charge in [-0.3, -0.25) is 14.6 Å². The molecule has 4 nitrogen and oxygen atoms in total. The summed E-state index contributed by atoms with van der Waals surface area (Å²) in [4.78, 5) is 15.6. The molecule has 1 aromatic carbocycles. The van der Waals surface area contributed by atoms with Gasteiger partial charge in [-0.1, -0.05) is 52.0 Å². The minimum Gasteiger partial charge on any atom is -0.480 e. The highest BCUT2D eigenvalue weighted by molar-refractivity contribution is 5.69. The molecule has 0 aromatic heterocycles. The Labute approximate surface area is 152 Å². The molecule has 1 saturated heterocycles. The molecule has 140 valence electrons. The summed E-state index contributed by atoms with van der Waals surface area (Å²) in [7, 11) is 0. The van der Waals surface area contributed by atoms with E-state index in [0.717, 1.165) is 32.5 Å². The summed E-state index contributed by atoms with van der Waals surface area (Å²) in [6.45, 7) is 14.1. The first kappa shape index (κ1) is 19.9. The van der Waals surface area contributed by atoms with Crippen molar-refractivity contribution in [3.8, 4) is 0 Å². The second kappa shape index (κ2) is 8.33.